The summed E-state index contributed by atoms with van der Waals surface area (Å²) in [5.41, 5.74) is 4.94. The van der Waals surface area contributed by atoms with Crippen LogP contribution >= 0.6 is 0 Å². The van der Waals surface area contributed by atoms with Crippen LogP contribution in [0, 0.1) is 0 Å². The van der Waals surface area contributed by atoms with Crippen LogP contribution in [0.15, 0.2) is 55.0 Å². The number of piperidine rings is 1. The van der Waals surface area contributed by atoms with Gasteiger partial charge in [0.2, 0.25) is 0 Å². The number of nitrogens with zero attached hydrogens (tertiary/aromatic N) is 5. The average molecular weight is 444 g/mol. The molecule has 2 aromatic heterocycles. The maximum atomic E-state index is 13.1. The van der Waals surface area contributed by atoms with Gasteiger partial charge in [-0.15, -0.1) is 0 Å². The van der Waals surface area contributed by atoms with Gasteiger partial charge in [0.1, 0.15) is 5.82 Å². The molecule has 0 spiro atoms. The molecule has 3 aromatic rings. The Morgan fingerprint density at radius 3 is 2.21 bits per heavy atom. The first kappa shape index (κ1) is 22.9. The largest absolute Gasteiger partial charge is 0.378 e. The summed E-state index contributed by atoms with van der Waals surface area (Å²) in [5.74, 6) is 1.25. The zero-order valence-corrected chi connectivity index (χ0v) is 20.2. The van der Waals surface area contributed by atoms with Crippen molar-refractivity contribution in [3.05, 3.63) is 72.1 Å². The van der Waals surface area contributed by atoms with E-state index >= 15 is 0 Å². The summed E-state index contributed by atoms with van der Waals surface area (Å²) in [7, 11) is 4.00. The lowest BCUT2D eigenvalue weighted by molar-refractivity contribution is 0.0712. The third-order valence-electron chi connectivity index (χ3n) is 6.28. The molecule has 1 aliphatic rings. The van der Waals surface area contributed by atoms with Crippen molar-refractivity contribution in [3.8, 4) is 11.1 Å². The first-order chi connectivity index (χ1) is 15.7. The maximum Gasteiger partial charge on any atom is 0.253 e. The van der Waals surface area contributed by atoms with Gasteiger partial charge in [0.05, 0.1) is 5.69 Å². The minimum atomic E-state index is -0.124. The SMILES string of the molecule is CN(C)c1ccc(C(=O)N2CCC(c3nc(C(C)(C)C)ncc3-c3ccncc3)CC2)cc1. The number of benzene rings is 1. The predicted octanol–water partition coefficient (Wildman–Crippen LogP) is 4.92. The minimum absolute atomic E-state index is 0.103. The van der Waals surface area contributed by atoms with E-state index in [1.54, 1.807) is 12.4 Å². The summed E-state index contributed by atoms with van der Waals surface area (Å²) in [6, 6.07) is 11.9. The van der Waals surface area contributed by atoms with Crippen LogP contribution in [0.4, 0.5) is 5.69 Å². The van der Waals surface area contributed by atoms with E-state index in [2.05, 4.69) is 30.7 Å². The lowest BCUT2D eigenvalue weighted by atomic mass is 9.87. The molecule has 6 heteroatoms. The summed E-state index contributed by atoms with van der Waals surface area (Å²) in [6.07, 6.45) is 7.35. The lowest BCUT2D eigenvalue weighted by Gasteiger charge is -2.33. The Bertz CT molecular complexity index is 1100. The van der Waals surface area contributed by atoms with E-state index in [0.29, 0.717) is 0 Å². The molecular formula is C27H33N5O. The van der Waals surface area contributed by atoms with Crippen molar-refractivity contribution >= 4 is 11.6 Å². The Morgan fingerprint density at radius 1 is 1.00 bits per heavy atom. The number of anilines is 1. The zero-order chi connectivity index (χ0) is 23.6. The van der Waals surface area contributed by atoms with E-state index in [0.717, 1.165) is 59.8 Å². The second kappa shape index (κ2) is 9.30. The Morgan fingerprint density at radius 2 is 1.64 bits per heavy atom. The molecule has 3 heterocycles. The van der Waals surface area contributed by atoms with Crippen molar-refractivity contribution in [1.29, 1.82) is 0 Å². The Balaban J connectivity index is 1.54. The van der Waals surface area contributed by atoms with Gasteiger partial charge in [-0.3, -0.25) is 9.78 Å². The number of pyridine rings is 1. The van der Waals surface area contributed by atoms with Gasteiger partial charge in [0.15, 0.2) is 0 Å². The van der Waals surface area contributed by atoms with Crippen molar-refractivity contribution in [3.63, 3.8) is 0 Å². The highest BCUT2D eigenvalue weighted by Gasteiger charge is 2.29. The van der Waals surface area contributed by atoms with Crippen LogP contribution in [-0.4, -0.2) is 52.9 Å². The summed E-state index contributed by atoms with van der Waals surface area (Å²) in [6.45, 7) is 7.87. The highest BCUT2D eigenvalue weighted by atomic mass is 16.2. The first-order valence-corrected chi connectivity index (χ1v) is 11.6. The van der Waals surface area contributed by atoms with Crippen molar-refractivity contribution in [2.24, 2.45) is 0 Å². The number of likely N-dealkylation sites (tertiary alicyclic amines) is 1. The molecule has 4 rings (SSSR count). The van der Waals surface area contributed by atoms with Gasteiger partial charge < -0.3 is 9.80 Å². The lowest BCUT2D eigenvalue weighted by Crippen LogP contribution is -2.38. The Labute approximate surface area is 196 Å². The molecule has 1 fully saturated rings. The van der Waals surface area contributed by atoms with E-state index in [9.17, 15) is 4.79 Å². The fourth-order valence-corrected chi connectivity index (χ4v) is 4.26. The van der Waals surface area contributed by atoms with Crippen LogP contribution in [0.2, 0.25) is 0 Å². The first-order valence-electron chi connectivity index (χ1n) is 11.6. The van der Waals surface area contributed by atoms with Gasteiger partial charge >= 0.3 is 0 Å². The normalized spacial score (nSPS) is 14.9. The summed E-state index contributed by atoms with van der Waals surface area (Å²) < 4.78 is 0. The van der Waals surface area contributed by atoms with Gasteiger partial charge in [-0.2, -0.15) is 0 Å². The van der Waals surface area contributed by atoms with E-state index in [1.165, 1.54) is 0 Å². The smallest absolute Gasteiger partial charge is 0.253 e. The molecule has 0 atom stereocenters. The van der Waals surface area contributed by atoms with Gasteiger partial charge in [-0.05, 0) is 54.8 Å². The topological polar surface area (TPSA) is 62.2 Å². The molecule has 0 saturated carbocycles. The average Bonchev–Trinajstić information content (AvgIpc) is 2.83. The van der Waals surface area contributed by atoms with Crippen molar-refractivity contribution in [2.75, 3.05) is 32.1 Å². The quantitative estimate of drug-likeness (QED) is 0.573. The molecule has 0 bridgehead atoms. The monoisotopic (exact) mass is 443 g/mol. The van der Waals surface area contributed by atoms with Crippen LogP contribution in [-0.2, 0) is 5.41 Å². The second-order valence-electron chi connectivity index (χ2n) is 9.99. The van der Waals surface area contributed by atoms with Gasteiger partial charge in [0.25, 0.3) is 5.91 Å². The highest BCUT2D eigenvalue weighted by Crippen LogP contribution is 2.35. The summed E-state index contributed by atoms with van der Waals surface area (Å²) in [5, 5.41) is 0. The number of hydrogen-bond donors (Lipinski definition) is 0. The fourth-order valence-electron chi connectivity index (χ4n) is 4.26. The third-order valence-corrected chi connectivity index (χ3v) is 6.28. The number of carbonyl (C=O) groups is 1. The molecule has 172 valence electrons. The second-order valence-corrected chi connectivity index (χ2v) is 9.99. The van der Waals surface area contributed by atoms with Crippen molar-refractivity contribution in [2.45, 2.75) is 44.9 Å². The molecule has 6 nitrogen and oxygen atoms in total. The highest BCUT2D eigenvalue weighted by molar-refractivity contribution is 5.94. The molecule has 1 amide bonds. The number of rotatable bonds is 4. The van der Waals surface area contributed by atoms with E-state index in [1.807, 2.05) is 66.5 Å². The van der Waals surface area contributed by atoms with Crippen LogP contribution in [0.1, 0.15) is 61.4 Å². The standard InChI is InChI=1S/C27H33N5O/c1-27(2,3)26-29-18-23(19-10-14-28-15-11-19)24(30-26)20-12-16-32(17-13-20)25(33)21-6-8-22(9-7-21)31(4)5/h6-11,14-15,18,20H,12-13,16-17H2,1-5H3. The molecule has 0 unspecified atom stereocenters. The van der Waals surface area contributed by atoms with Crippen LogP contribution < -0.4 is 4.90 Å². The van der Waals surface area contributed by atoms with Crippen LogP contribution in [0.25, 0.3) is 11.1 Å². The molecule has 0 radical (unpaired) electrons. The number of amides is 1. The van der Waals surface area contributed by atoms with Crippen LogP contribution in [0.3, 0.4) is 0 Å². The molecule has 1 aliphatic heterocycles. The third kappa shape index (κ3) is 5.05. The number of carbonyl (C=O) groups excluding carboxylic acids is 1. The molecule has 0 aliphatic carbocycles. The Hall–Kier alpha value is -3.28. The van der Waals surface area contributed by atoms with E-state index in [4.69, 9.17) is 4.98 Å². The van der Waals surface area contributed by atoms with Gasteiger partial charge in [-0.25, -0.2) is 9.97 Å². The summed E-state index contributed by atoms with van der Waals surface area (Å²) >= 11 is 0. The van der Waals surface area contributed by atoms with Crippen molar-refractivity contribution in [1.82, 2.24) is 19.9 Å². The zero-order valence-electron chi connectivity index (χ0n) is 20.2. The maximum absolute atomic E-state index is 13.1. The minimum Gasteiger partial charge on any atom is -0.378 e. The number of aromatic nitrogens is 3. The molecule has 0 N–H and O–H groups in total. The van der Waals surface area contributed by atoms with Gasteiger partial charge in [0, 0.05) is 73.9 Å². The van der Waals surface area contributed by atoms with Crippen molar-refractivity contribution < 1.29 is 4.79 Å². The summed E-state index contributed by atoms with van der Waals surface area (Å²) in [4.78, 5) is 31.0. The van der Waals surface area contributed by atoms with Gasteiger partial charge in [-0.1, -0.05) is 20.8 Å². The Kier molecular flexibility index (Phi) is 6.45. The van der Waals surface area contributed by atoms with E-state index in [-0.39, 0.29) is 17.2 Å². The fraction of sp³-hybridized carbons (Fsp3) is 0.407. The molecule has 33 heavy (non-hydrogen) atoms. The molecule has 1 saturated heterocycles. The van der Waals surface area contributed by atoms with E-state index < -0.39 is 0 Å². The number of hydrogen-bond acceptors (Lipinski definition) is 5. The van der Waals surface area contributed by atoms with Crippen LogP contribution in [0.5, 0.6) is 0 Å². The molecule has 1 aromatic carbocycles. The molecular weight excluding hydrogens is 410 g/mol. The predicted molar refractivity (Wildman–Crippen MR) is 133 cm³/mol.